The van der Waals surface area contributed by atoms with Crippen molar-refractivity contribution >= 4 is 11.8 Å². The van der Waals surface area contributed by atoms with Gasteiger partial charge in [0.1, 0.15) is 11.5 Å². The Morgan fingerprint density at radius 2 is 1.64 bits per heavy atom. The molecule has 1 aliphatic heterocycles. The van der Waals surface area contributed by atoms with E-state index in [-0.39, 0.29) is 24.4 Å². The number of rotatable bonds is 12. The van der Waals surface area contributed by atoms with E-state index < -0.39 is 0 Å². The first kappa shape index (κ1) is 24.6. The molecule has 0 bridgehead atoms. The van der Waals surface area contributed by atoms with Crippen LogP contribution in [-0.2, 0) is 4.79 Å². The van der Waals surface area contributed by atoms with Crippen LogP contribution < -0.4 is 20.1 Å². The predicted octanol–water partition coefficient (Wildman–Crippen LogP) is 3.56. The van der Waals surface area contributed by atoms with E-state index in [9.17, 15) is 9.59 Å². The second-order valence-corrected chi connectivity index (χ2v) is 8.25. The lowest BCUT2D eigenvalue weighted by atomic mass is 10.1. The van der Waals surface area contributed by atoms with Gasteiger partial charge in [0.25, 0.3) is 5.91 Å². The number of hydrogen-bond donors (Lipinski definition) is 2. The van der Waals surface area contributed by atoms with Gasteiger partial charge in [-0.05, 0) is 74.3 Å². The van der Waals surface area contributed by atoms with E-state index in [0.717, 1.165) is 43.0 Å². The molecule has 1 heterocycles. The summed E-state index contributed by atoms with van der Waals surface area (Å²) < 4.78 is 10.9. The number of ether oxygens (including phenoxy) is 2. The SMILES string of the molecule is CCCCOc1ccc(C(=O)NCC(=O)NC[C@H](c2ccc(OC)cc2)N2CCCC2)cc1. The van der Waals surface area contributed by atoms with Crippen LogP contribution in [0.25, 0.3) is 0 Å². The van der Waals surface area contributed by atoms with Gasteiger partial charge in [-0.1, -0.05) is 25.5 Å². The van der Waals surface area contributed by atoms with Gasteiger partial charge in [-0.15, -0.1) is 0 Å². The van der Waals surface area contributed by atoms with Crippen LogP contribution in [0.4, 0.5) is 0 Å². The van der Waals surface area contributed by atoms with E-state index in [4.69, 9.17) is 9.47 Å². The molecule has 2 aromatic carbocycles. The predicted molar refractivity (Wildman–Crippen MR) is 129 cm³/mol. The first-order chi connectivity index (χ1) is 16.1. The Morgan fingerprint density at radius 1 is 0.970 bits per heavy atom. The zero-order chi connectivity index (χ0) is 23.5. The summed E-state index contributed by atoms with van der Waals surface area (Å²) in [4.78, 5) is 27.2. The molecule has 2 N–H and O–H groups in total. The molecule has 7 heteroatoms. The van der Waals surface area contributed by atoms with Crippen molar-refractivity contribution in [2.75, 3.05) is 39.9 Å². The van der Waals surface area contributed by atoms with Crippen LogP contribution in [0.5, 0.6) is 11.5 Å². The lowest BCUT2D eigenvalue weighted by molar-refractivity contribution is -0.120. The van der Waals surface area contributed by atoms with Crippen molar-refractivity contribution in [3.8, 4) is 11.5 Å². The summed E-state index contributed by atoms with van der Waals surface area (Å²) in [6.45, 7) is 5.23. The summed E-state index contributed by atoms with van der Waals surface area (Å²) in [6.07, 6.45) is 4.40. The van der Waals surface area contributed by atoms with Crippen molar-refractivity contribution in [2.24, 2.45) is 0 Å². The van der Waals surface area contributed by atoms with Gasteiger partial charge in [-0.25, -0.2) is 0 Å². The van der Waals surface area contributed by atoms with Crippen LogP contribution in [-0.4, -0.2) is 56.6 Å². The number of hydrogen-bond acceptors (Lipinski definition) is 5. The lowest BCUT2D eigenvalue weighted by Crippen LogP contribution is -2.41. The van der Waals surface area contributed by atoms with Crippen molar-refractivity contribution in [3.05, 3.63) is 59.7 Å². The standard InChI is InChI=1S/C26H35N3O4/c1-3-4-17-33-23-13-9-21(10-14-23)26(31)28-19-25(30)27-18-24(29-15-5-6-16-29)20-7-11-22(32-2)12-8-20/h7-14,24H,3-6,15-19H2,1-2H3,(H,27,30)(H,28,31)/t24-/m1/s1. The third kappa shape index (κ3) is 7.49. The second-order valence-electron chi connectivity index (χ2n) is 8.25. The molecular formula is C26H35N3O4. The van der Waals surface area contributed by atoms with Crippen LogP contribution in [0.1, 0.15) is 54.6 Å². The number of benzene rings is 2. The maximum atomic E-state index is 12.4. The summed E-state index contributed by atoms with van der Waals surface area (Å²) in [6, 6.07) is 15.1. The topological polar surface area (TPSA) is 79.9 Å². The highest BCUT2D eigenvalue weighted by Gasteiger charge is 2.24. The highest BCUT2D eigenvalue weighted by atomic mass is 16.5. The number of methoxy groups -OCH3 is 1. The first-order valence-corrected chi connectivity index (χ1v) is 11.8. The third-order valence-corrected chi connectivity index (χ3v) is 5.87. The van der Waals surface area contributed by atoms with E-state index >= 15 is 0 Å². The lowest BCUT2D eigenvalue weighted by Gasteiger charge is -2.28. The minimum atomic E-state index is -0.281. The molecule has 2 aromatic rings. The van der Waals surface area contributed by atoms with Crippen molar-refractivity contribution in [1.29, 1.82) is 0 Å². The highest BCUT2D eigenvalue weighted by Crippen LogP contribution is 2.26. The Labute approximate surface area is 196 Å². The van der Waals surface area contributed by atoms with Gasteiger partial charge in [0.2, 0.25) is 5.91 Å². The van der Waals surface area contributed by atoms with E-state index in [1.807, 2.05) is 24.3 Å². The fraction of sp³-hybridized carbons (Fsp3) is 0.462. The summed E-state index contributed by atoms with van der Waals surface area (Å²) in [7, 11) is 1.65. The average molecular weight is 454 g/mol. The molecule has 3 rings (SSSR count). The molecule has 1 atom stereocenters. The van der Waals surface area contributed by atoms with Gasteiger partial charge in [0.05, 0.1) is 26.3 Å². The molecular weight excluding hydrogens is 418 g/mol. The number of carbonyl (C=O) groups is 2. The molecule has 0 radical (unpaired) electrons. The van der Waals surface area contributed by atoms with Crippen LogP contribution in [0.15, 0.2) is 48.5 Å². The van der Waals surface area contributed by atoms with Gasteiger partial charge in [0, 0.05) is 12.1 Å². The van der Waals surface area contributed by atoms with Gasteiger partial charge in [0.15, 0.2) is 0 Å². The highest BCUT2D eigenvalue weighted by molar-refractivity contribution is 5.96. The molecule has 0 aliphatic carbocycles. The van der Waals surface area contributed by atoms with Crippen molar-refractivity contribution in [2.45, 2.75) is 38.6 Å². The molecule has 178 valence electrons. The van der Waals surface area contributed by atoms with E-state index in [1.54, 1.807) is 31.4 Å². The minimum Gasteiger partial charge on any atom is -0.497 e. The number of likely N-dealkylation sites (tertiary alicyclic amines) is 1. The van der Waals surface area contributed by atoms with Crippen LogP contribution >= 0.6 is 0 Å². The zero-order valence-corrected chi connectivity index (χ0v) is 19.6. The normalized spacial score (nSPS) is 14.5. The summed E-state index contributed by atoms with van der Waals surface area (Å²) in [5.74, 6) is 1.06. The quantitative estimate of drug-likeness (QED) is 0.481. The van der Waals surface area contributed by atoms with E-state index in [2.05, 4.69) is 22.5 Å². The molecule has 0 aromatic heterocycles. The number of nitrogens with one attached hydrogen (secondary N) is 2. The van der Waals surface area contributed by atoms with E-state index in [0.29, 0.717) is 18.7 Å². The third-order valence-electron chi connectivity index (χ3n) is 5.87. The molecule has 0 spiro atoms. The molecule has 33 heavy (non-hydrogen) atoms. The summed E-state index contributed by atoms with van der Waals surface area (Å²) in [5, 5.41) is 5.68. The van der Waals surface area contributed by atoms with Crippen LogP contribution in [0.3, 0.4) is 0 Å². The first-order valence-electron chi connectivity index (χ1n) is 11.8. The van der Waals surface area contributed by atoms with Gasteiger partial charge < -0.3 is 20.1 Å². The zero-order valence-electron chi connectivity index (χ0n) is 19.6. The average Bonchev–Trinajstić information content (AvgIpc) is 3.38. The van der Waals surface area contributed by atoms with Crippen molar-refractivity contribution in [3.63, 3.8) is 0 Å². The minimum absolute atomic E-state index is 0.0666. The number of unbranched alkanes of at least 4 members (excludes halogenated alkanes) is 1. The maximum Gasteiger partial charge on any atom is 0.251 e. The fourth-order valence-electron chi connectivity index (χ4n) is 3.91. The summed E-state index contributed by atoms with van der Waals surface area (Å²) >= 11 is 0. The van der Waals surface area contributed by atoms with E-state index in [1.165, 1.54) is 12.8 Å². The van der Waals surface area contributed by atoms with Crippen molar-refractivity contribution in [1.82, 2.24) is 15.5 Å². The molecule has 1 saturated heterocycles. The Balaban J connectivity index is 1.48. The van der Waals surface area contributed by atoms with Gasteiger partial charge in [-0.3, -0.25) is 14.5 Å². The second kappa shape index (κ2) is 12.8. The molecule has 1 fully saturated rings. The molecule has 1 aliphatic rings. The number of carbonyl (C=O) groups excluding carboxylic acids is 2. The largest absolute Gasteiger partial charge is 0.497 e. The Morgan fingerprint density at radius 3 is 2.27 bits per heavy atom. The molecule has 7 nitrogen and oxygen atoms in total. The Kier molecular flexibility index (Phi) is 9.57. The van der Waals surface area contributed by atoms with Gasteiger partial charge >= 0.3 is 0 Å². The fourth-order valence-corrected chi connectivity index (χ4v) is 3.91. The molecule has 0 unspecified atom stereocenters. The van der Waals surface area contributed by atoms with Crippen molar-refractivity contribution < 1.29 is 19.1 Å². The number of amides is 2. The maximum absolute atomic E-state index is 12.4. The smallest absolute Gasteiger partial charge is 0.251 e. The Bertz CT molecular complexity index is 877. The summed E-state index contributed by atoms with van der Waals surface area (Å²) in [5.41, 5.74) is 1.64. The molecule has 0 saturated carbocycles. The van der Waals surface area contributed by atoms with Gasteiger partial charge in [-0.2, -0.15) is 0 Å². The van der Waals surface area contributed by atoms with Crippen LogP contribution in [0, 0.1) is 0 Å². The molecule has 2 amide bonds. The van der Waals surface area contributed by atoms with Crippen LogP contribution in [0.2, 0.25) is 0 Å². The monoisotopic (exact) mass is 453 g/mol. The Hall–Kier alpha value is -3.06. The number of nitrogens with zero attached hydrogens (tertiary/aromatic N) is 1.